The Labute approximate surface area is 128 Å². The number of rotatable bonds is 4. The van der Waals surface area contributed by atoms with Gasteiger partial charge in [0.25, 0.3) is 0 Å². The molecule has 1 aromatic carbocycles. The molecule has 0 unspecified atom stereocenters. The first-order chi connectivity index (χ1) is 10.0. The Bertz CT molecular complexity index is 759. The summed E-state index contributed by atoms with van der Waals surface area (Å²) >= 11 is 1.44. The smallest absolute Gasteiger partial charge is 0.243 e. The Balaban J connectivity index is 2.26. The fourth-order valence-corrected chi connectivity index (χ4v) is 3.43. The molecule has 0 atom stereocenters. The van der Waals surface area contributed by atoms with Crippen LogP contribution in [0, 0.1) is 11.8 Å². The van der Waals surface area contributed by atoms with E-state index in [1.165, 1.54) is 22.7 Å². The summed E-state index contributed by atoms with van der Waals surface area (Å²) in [5.74, 6) is 5.54. The zero-order valence-electron chi connectivity index (χ0n) is 11.5. The van der Waals surface area contributed by atoms with E-state index in [9.17, 15) is 8.42 Å². The number of thiazole rings is 1. The van der Waals surface area contributed by atoms with Crippen molar-refractivity contribution in [3.8, 4) is 11.8 Å². The molecule has 0 spiro atoms. The molecule has 5 nitrogen and oxygen atoms in total. The normalized spacial score (nSPS) is 11.2. The molecule has 1 aromatic heterocycles. The average molecular weight is 321 g/mol. The molecule has 2 N–H and O–H groups in total. The molecule has 0 bridgehead atoms. The number of sulfonamides is 1. The summed E-state index contributed by atoms with van der Waals surface area (Å²) < 4.78 is 26.3. The number of hydrogen-bond donors (Lipinski definition) is 1. The minimum absolute atomic E-state index is 0.212. The van der Waals surface area contributed by atoms with E-state index >= 15 is 0 Å². The maximum Gasteiger partial charge on any atom is 0.243 e. The maximum absolute atomic E-state index is 12.5. The first kappa shape index (κ1) is 15.7. The lowest BCUT2D eigenvalue weighted by Crippen LogP contribution is -2.26. The molecule has 2 aromatic rings. The van der Waals surface area contributed by atoms with Crippen molar-refractivity contribution in [3.05, 3.63) is 46.4 Å². The van der Waals surface area contributed by atoms with Crippen LogP contribution in [0.4, 0.5) is 0 Å². The molecule has 0 saturated carbocycles. The second-order valence-electron chi connectivity index (χ2n) is 4.27. The van der Waals surface area contributed by atoms with E-state index in [4.69, 9.17) is 5.73 Å². The van der Waals surface area contributed by atoms with E-state index in [2.05, 4.69) is 16.8 Å². The summed E-state index contributed by atoms with van der Waals surface area (Å²) in [7, 11) is -2.03. The molecule has 110 valence electrons. The highest BCUT2D eigenvalue weighted by Crippen LogP contribution is 2.17. The van der Waals surface area contributed by atoms with Crippen molar-refractivity contribution in [2.75, 3.05) is 13.6 Å². The lowest BCUT2D eigenvalue weighted by atomic mass is 10.2. The molecule has 0 saturated heterocycles. The van der Waals surface area contributed by atoms with Crippen molar-refractivity contribution in [3.63, 3.8) is 0 Å². The fraction of sp³-hybridized carbons (Fsp3) is 0.214. The molecule has 21 heavy (non-hydrogen) atoms. The minimum atomic E-state index is -3.56. The number of nitrogens with zero attached hydrogens (tertiary/aromatic N) is 2. The minimum Gasteiger partial charge on any atom is -0.320 e. The van der Waals surface area contributed by atoms with Gasteiger partial charge in [0.1, 0.15) is 0 Å². The Morgan fingerprint density at radius 1 is 1.43 bits per heavy atom. The molecule has 0 fully saturated rings. The molecule has 0 radical (unpaired) electrons. The van der Waals surface area contributed by atoms with Gasteiger partial charge < -0.3 is 5.73 Å². The summed E-state index contributed by atoms with van der Waals surface area (Å²) in [6, 6.07) is 6.53. The van der Waals surface area contributed by atoms with E-state index in [0.717, 1.165) is 5.69 Å². The second-order valence-corrected chi connectivity index (χ2v) is 7.04. The highest BCUT2D eigenvalue weighted by molar-refractivity contribution is 7.89. The maximum atomic E-state index is 12.5. The van der Waals surface area contributed by atoms with E-state index < -0.39 is 10.0 Å². The molecule has 1 heterocycles. The van der Waals surface area contributed by atoms with Gasteiger partial charge in [0.15, 0.2) is 0 Å². The molecular weight excluding hydrogens is 306 g/mol. The predicted octanol–water partition coefficient (Wildman–Crippen LogP) is 1.27. The molecular formula is C14H15N3O2S2. The van der Waals surface area contributed by atoms with Crippen LogP contribution >= 0.6 is 11.3 Å². The van der Waals surface area contributed by atoms with Crippen LogP contribution in [-0.2, 0) is 16.6 Å². The molecule has 7 heteroatoms. The van der Waals surface area contributed by atoms with Crippen molar-refractivity contribution in [1.29, 1.82) is 0 Å². The van der Waals surface area contributed by atoms with E-state index in [0.29, 0.717) is 5.56 Å². The van der Waals surface area contributed by atoms with Gasteiger partial charge in [0, 0.05) is 18.0 Å². The van der Waals surface area contributed by atoms with E-state index in [1.54, 1.807) is 29.8 Å². The zero-order chi connectivity index (χ0) is 15.3. The predicted molar refractivity (Wildman–Crippen MR) is 83.1 cm³/mol. The monoisotopic (exact) mass is 321 g/mol. The SMILES string of the molecule is CN(Cc1cscn1)S(=O)(=O)c1cccc(C#CCN)c1. The van der Waals surface area contributed by atoms with Crippen LogP contribution in [0.15, 0.2) is 40.1 Å². The number of aromatic nitrogens is 1. The number of nitrogens with two attached hydrogens (primary N) is 1. The lowest BCUT2D eigenvalue weighted by Gasteiger charge is -2.16. The van der Waals surface area contributed by atoms with Crippen molar-refractivity contribution < 1.29 is 8.42 Å². The third-order valence-electron chi connectivity index (χ3n) is 2.75. The Morgan fingerprint density at radius 3 is 2.90 bits per heavy atom. The van der Waals surface area contributed by atoms with Crippen LogP contribution in [0.5, 0.6) is 0 Å². The highest BCUT2D eigenvalue weighted by atomic mass is 32.2. The molecule has 0 aliphatic heterocycles. The van der Waals surface area contributed by atoms with Crippen molar-refractivity contribution in [1.82, 2.24) is 9.29 Å². The van der Waals surface area contributed by atoms with Gasteiger partial charge in [-0.25, -0.2) is 13.4 Å². The van der Waals surface area contributed by atoms with Crippen LogP contribution in [0.25, 0.3) is 0 Å². The third-order valence-corrected chi connectivity index (χ3v) is 5.18. The quantitative estimate of drug-likeness (QED) is 0.861. The van der Waals surface area contributed by atoms with Crippen LogP contribution in [0.2, 0.25) is 0 Å². The molecule has 2 rings (SSSR count). The first-order valence-electron chi connectivity index (χ1n) is 6.16. The Hall–Kier alpha value is -1.72. The Kier molecular flexibility index (Phi) is 5.09. The standard InChI is InChI=1S/C14H15N3O2S2/c1-17(9-13-10-20-11-16-13)21(18,19)14-6-2-4-12(8-14)5-3-7-15/h2,4,6,8,10-11H,7,9,15H2,1H3. The first-order valence-corrected chi connectivity index (χ1v) is 8.54. The van der Waals surface area contributed by atoms with E-state index in [1.807, 2.05) is 5.38 Å². The van der Waals surface area contributed by atoms with Gasteiger partial charge >= 0.3 is 0 Å². The highest BCUT2D eigenvalue weighted by Gasteiger charge is 2.21. The summed E-state index contributed by atoms with van der Waals surface area (Å²) in [4.78, 5) is 4.31. The van der Waals surface area contributed by atoms with Gasteiger partial charge in [-0.15, -0.1) is 11.3 Å². The lowest BCUT2D eigenvalue weighted by molar-refractivity contribution is 0.463. The van der Waals surface area contributed by atoms with Crippen LogP contribution in [-0.4, -0.2) is 31.3 Å². The molecule has 0 amide bonds. The topological polar surface area (TPSA) is 76.3 Å². The summed E-state index contributed by atoms with van der Waals surface area (Å²) in [6.07, 6.45) is 0. The Morgan fingerprint density at radius 2 is 2.24 bits per heavy atom. The van der Waals surface area contributed by atoms with Gasteiger partial charge in [-0.1, -0.05) is 17.9 Å². The van der Waals surface area contributed by atoms with Gasteiger partial charge in [-0.05, 0) is 18.2 Å². The average Bonchev–Trinajstić information content (AvgIpc) is 2.98. The molecule has 0 aliphatic rings. The number of hydrogen-bond acceptors (Lipinski definition) is 5. The van der Waals surface area contributed by atoms with Crippen LogP contribution in [0.3, 0.4) is 0 Å². The van der Waals surface area contributed by atoms with E-state index in [-0.39, 0.29) is 18.0 Å². The van der Waals surface area contributed by atoms with Crippen LogP contribution in [0.1, 0.15) is 11.3 Å². The van der Waals surface area contributed by atoms with Gasteiger partial charge in [-0.2, -0.15) is 4.31 Å². The second kappa shape index (κ2) is 6.83. The third kappa shape index (κ3) is 3.89. The van der Waals surface area contributed by atoms with Crippen molar-refractivity contribution >= 4 is 21.4 Å². The van der Waals surface area contributed by atoms with Crippen molar-refractivity contribution in [2.45, 2.75) is 11.4 Å². The summed E-state index contributed by atoms with van der Waals surface area (Å²) in [5.41, 5.74) is 8.35. The van der Waals surface area contributed by atoms with Crippen LogP contribution < -0.4 is 5.73 Å². The van der Waals surface area contributed by atoms with Crippen molar-refractivity contribution in [2.24, 2.45) is 5.73 Å². The molecule has 0 aliphatic carbocycles. The van der Waals surface area contributed by atoms with Gasteiger partial charge in [0.05, 0.1) is 29.2 Å². The summed E-state index contributed by atoms with van der Waals surface area (Å²) in [6.45, 7) is 0.477. The zero-order valence-corrected chi connectivity index (χ0v) is 13.1. The van der Waals surface area contributed by atoms with Gasteiger partial charge in [0.2, 0.25) is 10.0 Å². The summed E-state index contributed by atoms with van der Waals surface area (Å²) in [5, 5.41) is 1.83. The largest absolute Gasteiger partial charge is 0.320 e. The fourth-order valence-electron chi connectivity index (χ4n) is 1.70. The number of benzene rings is 1. The van der Waals surface area contributed by atoms with Gasteiger partial charge in [-0.3, -0.25) is 0 Å².